The van der Waals surface area contributed by atoms with Crippen molar-refractivity contribution in [1.82, 2.24) is 4.90 Å². The molecule has 0 amide bonds. The molecule has 0 aromatic heterocycles. The minimum Gasteiger partial charge on any atom is -0.306 e. The van der Waals surface area contributed by atoms with Crippen molar-refractivity contribution in [3.63, 3.8) is 0 Å². The van der Waals surface area contributed by atoms with Crippen LogP contribution in [0.5, 0.6) is 0 Å². The van der Waals surface area contributed by atoms with Gasteiger partial charge < -0.3 is 4.90 Å². The van der Waals surface area contributed by atoms with Crippen LogP contribution in [-0.4, -0.2) is 30.8 Å². The van der Waals surface area contributed by atoms with Crippen molar-refractivity contribution in [2.75, 3.05) is 20.1 Å². The Morgan fingerprint density at radius 2 is 1.80 bits per heavy atom. The number of hydrogen-bond acceptors (Lipinski definition) is 2. The summed E-state index contributed by atoms with van der Waals surface area (Å²) in [5.74, 6) is 4.20. The molecule has 6 atom stereocenters. The van der Waals surface area contributed by atoms with E-state index in [1.165, 1.54) is 70.0 Å². The zero-order chi connectivity index (χ0) is 21.1. The van der Waals surface area contributed by atoms with Crippen LogP contribution in [0.15, 0.2) is 23.8 Å². The summed E-state index contributed by atoms with van der Waals surface area (Å²) in [5.41, 5.74) is 3.68. The SMILES string of the molecule is C=C1CC2C/C(=C/CC3CCN(C)CC3)CC[C@]2(C)C2CC[C@]3(C)C(=O)CCC3C12. The standard InChI is InChI=1S/C28H43NO/c1-19-17-22-18-21(6-5-20-11-15-29(4)16-12-20)9-13-27(22,2)24-10-14-28(3)23(26(19)24)7-8-25(28)30/h6,20,22-24,26H,1,5,7-18H2,2-4H3/b21-6+/t22?,23?,24?,26?,27-,28-/m0/s1. The number of carbonyl (C=O) groups is 1. The van der Waals surface area contributed by atoms with E-state index in [1.54, 1.807) is 5.57 Å². The second-order valence-electron chi connectivity index (χ2n) is 12.3. The molecule has 2 heteroatoms. The summed E-state index contributed by atoms with van der Waals surface area (Å²) in [6.07, 6.45) is 16.2. The van der Waals surface area contributed by atoms with Crippen LogP contribution in [0.25, 0.3) is 0 Å². The van der Waals surface area contributed by atoms with Crippen molar-refractivity contribution in [2.45, 2.75) is 84.5 Å². The average molecular weight is 410 g/mol. The first kappa shape index (κ1) is 21.0. The Labute approximate surface area is 184 Å². The van der Waals surface area contributed by atoms with Crippen LogP contribution < -0.4 is 0 Å². The van der Waals surface area contributed by atoms with Crippen LogP contribution in [0.4, 0.5) is 0 Å². The van der Waals surface area contributed by atoms with Crippen molar-refractivity contribution in [3.8, 4) is 0 Å². The Morgan fingerprint density at radius 3 is 2.57 bits per heavy atom. The third kappa shape index (κ3) is 3.28. The van der Waals surface area contributed by atoms with Crippen molar-refractivity contribution in [1.29, 1.82) is 0 Å². The molecule has 1 aliphatic heterocycles. The van der Waals surface area contributed by atoms with Crippen LogP contribution in [0.1, 0.15) is 84.5 Å². The molecular formula is C28H43NO. The van der Waals surface area contributed by atoms with E-state index in [9.17, 15) is 4.79 Å². The lowest BCUT2D eigenvalue weighted by Crippen LogP contribution is -2.53. The van der Waals surface area contributed by atoms with Gasteiger partial charge in [-0.2, -0.15) is 0 Å². The monoisotopic (exact) mass is 409 g/mol. The predicted octanol–water partition coefficient (Wildman–Crippen LogP) is 6.42. The number of ketones is 1. The highest BCUT2D eigenvalue weighted by molar-refractivity contribution is 5.87. The van der Waals surface area contributed by atoms with Gasteiger partial charge in [-0.3, -0.25) is 4.79 Å². The molecular weight excluding hydrogens is 366 g/mol. The summed E-state index contributed by atoms with van der Waals surface area (Å²) in [7, 11) is 2.26. The number of Topliss-reactive ketones (excluding diaryl/α,β-unsaturated/α-hetero) is 1. The quantitative estimate of drug-likeness (QED) is 0.490. The normalized spacial score (nSPS) is 46.6. The number of allylic oxidation sites excluding steroid dienone is 3. The third-order valence-corrected chi connectivity index (χ3v) is 10.8. The molecule has 4 unspecified atom stereocenters. The number of fused-ring (bicyclic) bond motifs is 5. The fourth-order valence-electron chi connectivity index (χ4n) is 8.57. The Kier molecular flexibility index (Phi) is 5.32. The zero-order valence-corrected chi connectivity index (χ0v) is 19.7. The van der Waals surface area contributed by atoms with Crippen molar-refractivity contribution >= 4 is 5.78 Å². The molecule has 5 fully saturated rings. The molecule has 30 heavy (non-hydrogen) atoms. The average Bonchev–Trinajstić information content (AvgIpc) is 3.03. The Hall–Kier alpha value is -0.890. The summed E-state index contributed by atoms with van der Waals surface area (Å²) in [4.78, 5) is 15.2. The second-order valence-corrected chi connectivity index (χ2v) is 12.3. The van der Waals surface area contributed by atoms with Gasteiger partial charge in [-0.1, -0.05) is 37.6 Å². The second kappa shape index (κ2) is 7.61. The molecule has 0 bridgehead atoms. The molecule has 166 valence electrons. The maximum atomic E-state index is 12.7. The van der Waals surface area contributed by atoms with Crippen molar-refractivity contribution in [3.05, 3.63) is 23.8 Å². The Balaban J connectivity index is 1.30. The molecule has 5 rings (SSSR count). The molecule has 1 saturated heterocycles. The van der Waals surface area contributed by atoms with Gasteiger partial charge in [0.1, 0.15) is 5.78 Å². The predicted molar refractivity (Wildman–Crippen MR) is 124 cm³/mol. The van der Waals surface area contributed by atoms with Crippen LogP contribution in [-0.2, 0) is 4.79 Å². The first-order valence-electron chi connectivity index (χ1n) is 12.9. The summed E-state index contributed by atoms with van der Waals surface area (Å²) in [5, 5.41) is 0. The molecule has 4 saturated carbocycles. The molecule has 5 aliphatic rings. The van der Waals surface area contributed by atoms with E-state index in [2.05, 4.69) is 38.5 Å². The van der Waals surface area contributed by atoms with Gasteiger partial charge in [0.25, 0.3) is 0 Å². The maximum Gasteiger partial charge on any atom is 0.139 e. The van der Waals surface area contributed by atoms with E-state index in [4.69, 9.17) is 0 Å². The topological polar surface area (TPSA) is 20.3 Å². The minimum atomic E-state index is -0.0406. The van der Waals surface area contributed by atoms with E-state index in [0.717, 1.165) is 37.0 Å². The van der Waals surface area contributed by atoms with Crippen LogP contribution in [0.3, 0.4) is 0 Å². The van der Waals surface area contributed by atoms with Gasteiger partial charge in [-0.25, -0.2) is 0 Å². The molecule has 1 heterocycles. The van der Waals surface area contributed by atoms with Crippen LogP contribution >= 0.6 is 0 Å². The summed E-state index contributed by atoms with van der Waals surface area (Å²) >= 11 is 0. The first-order chi connectivity index (χ1) is 14.3. The highest BCUT2D eigenvalue weighted by Crippen LogP contribution is 2.66. The minimum absolute atomic E-state index is 0.0406. The summed E-state index contributed by atoms with van der Waals surface area (Å²) in [6, 6.07) is 0. The Morgan fingerprint density at radius 1 is 1.03 bits per heavy atom. The van der Waals surface area contributed by atoms with E-state index < -0.39 is 0 Å². The summed E-state index contributed by atoms with van der Waals surface area (Å²) < 4.78 is 0. The molecule has 0 N–H and O–H groups in total. The van der Waals surface area contributed by atoms with Crippen LogP contribution in [0.2, 0.25) is 0 Å². The maximum absolute atomic E-state index is 12.7. The zero-order valence-electron chi connectivity index (χ0n) is 19.7. The lowest BCUT2D eigenvalue weighted by Gasteiger charge is -2.60. The van der Waals surface area contributed by atoms with E-state index >= 15 is 0 Å². The largest absolute Gasteiger partial charge is 0.306 e. The molecule has 0 aromatic carbocycles. The third-order valence-electron chi connectivity index (χ3n) is 10.8. The number of nitrogens with zero attached hydrogens (tertiary/aromatic N) is 1. The first-order valence-corrected chi connectivity index (χ1v) is 12.9. The Bertz CT molecular complexity index is 744. The molecule has 0 radical (unpaired) electrons. The van der Waals surface area contributed by atoms with Gasteiger partial charge in [0.05, 0.1) is 0 Å². The number of likely N-dealkylation sites (tertiary alicyclic amines) is 1. The van der Waals surface area contributed by atoms with Gasteiger partial charge in [-0.05, 0) is 119 Å². The number of carbonyl (C=O) groups excluding carboxylic acids is 1. The fourth-order valence-corrected chi connectivity index (χ4v) is 8.57. The van der Waals surface area contributed by atoms with Crippen molar-refractivity contribution < 1.29 is 4.79 Å². The molecule has 4 aliphatic carbocycles. The molecule has 0 spiro atoms. The van der Waals surface area contributed by atoms with Crippen LogP contribution in [0, 0.1) is 40.4 Å². The van der Waals surface area contributed by atoms with E-state index in [0.29, 0.717) is 23.0 Å². The fraction of sp³-hybridized carbons (Fsp3) is 0.821. The lowest BCUT2D eigenvalue weighted by molar-refractivity contribution is -0.133. The van der Waals surface area contributed by atoms with Crippen molar-refractivity contribution in [2.24, 2.45) is 40.4 Å². The lowest BCUT2D eigenvalue weighted by atomic mass is 9.44. The van der Waals surface area contributed by atoms with E-state index in [1.807, 2.05) is 0 Å². The van der Waals surface area contributed by atoms with Gasteiger partial charge in [-0.15, -0.1) is 0 Å². The smallest absolute Gasteiger partial charge is 0.139 e. The molecule has 2 nitrogen and oxygen atoms in total. The number of rotatable bonds is 2. The summed E-state index contributed by atoms with van der Waals surface area (Å²) in [6.45, 7) is 12.1. The number of hydrogen-bond donors (Lipinski definition) is 0. The van der Waals surface area contributed by atoms with Gasteiger partial charge >= 0.3 is 0 Å². The highest BCUT2D eigenvalue weighted by atomic mass is 16.1. The molecule has 0 aromatic rings. The van der Waals surface area contributed by atoms with Gasteiger partial charge in [0, 0.05) is 11.8 Å². The van der Waals surface area contributed by atoms with E-state index in [-0.39, 0.29) is 5.41 Å². The van der Waals surface area contributed by atoms with Gasteiger partial charge in [0.15, 0.2) is 0 Å². The highest BCUT2D eigenvalue weighted by Gasteiger charge is 2.60. The number of piperidine rings is 1. The van der Waals surface area contributed by atoms with Gasteiger partial charge in [0.2, 0.25) is 0 Å².